The molecule has 0 saturated heterocycles. The van der Waals surface area contributed by atoms with Crippen LogP contribution in [0.25, 0.3) is 0 Å². The first-order valence-electron chi connectivity index (χ1n) is 13.0. The molecule has 0 radical (unpaired) electrons. The summed E-state index contributed by atoms with van der Waals surface area (Å²) in [5.74, 6) is -0.567. The lowest BCUT2D eigenvalue weighted by Gasteiger charge is -2.16. The van der Waals surface area contributed by atoms with Crippen molar-refractivity contribution in [2.45, 2.75) is 103 Å². The smallest absolute Gasteiger partial charge is 0.338 e. The SMILES string of the molecule is CCCCCCCC/C=C\CCCCCCCC(=O)NCC(CO)OC(=O)c1ccccc1. The molecule has 1 aromatic rings. The van der Waals surface area contributed by atoms with Crippen molar-refractivity contribution in [3.63, 3.8) is 0 Å². The molecule has 1 rings (SSSR count). The van der Waals surface area contributed by atoms with Crippen molar-refractivity contribution in [3.05, 3.63) is 48.0 Å². The van der Waals surface area contributed by atoms with Gasteiger partial charge < -0.3 is 15.2 Å². The predicted octanol–water partition coefficient (Wildman–Crippen LogP) is 6.36. The number of unbranched alkanes of at least 4 members (excludes halogenated alkanes) is 11. The highest BCUT2D eigenvalue weighted by Crippen LogP contribution is 2.10. The highest BCUT2D eigenvalue weighted by atomic mass is 16.6. The van der Waals surface area contributed by atoms with Crippen LogP contribution in [0.4, 0.5) is 0 Å². The summed E-state index contributed by atoms with van der Waals surface area (Å²) in [5, 5.41) is 12.2. The van der Waals surface area contributed by atoms with E-state index in [-0.39, 0.29) is 19.1 Å². The molecule has 1 amide bonds. The molecule has 1 atom stereocenters. The van der Waals surface area contributed by atoms with E-state index in [2.05, 4.69) is 24.4 Å². The van der Waals surface area contributed by atoms with Gasteiger partial charge in [0.05, 0.1) is 18.7 Å². The summed E-state index contributed by atoms with van der Waals surface area (Å²) in [6.45, 7) is 2.05. The Morgan fingerprint density at radius 2 is 1.45 bits per heavy atom. The fourth-order valence-corrected chi connectivity index (χ4v) is 3.61. The number of hydrogen-bond donors (Lipinski definition) is 2. The summed E-state index contributed by atoms with van der Waals surface area (Å²) in [5.41, 5.74) is 0.426. The Balaban J connectivity index is 1.97. The third-order valence-electron chi connectivity index (χ3n) is 5.68. The van der Waals surface area contributed by atoms with Gasteiger partial charge in [-0.2, -0.15) is 0 Å². The van der Waals surface area contributed by atoms with Gasteiger partial charge in [-0.15, -0.1) is 0 Å². The average molecular weight is 460 g/mol. The van der Waals surface area contributed by atoms with Crippen molar-refractivity contribution in [1.29, 1.82) is 0 Å². The second-order valence-electron chi connectivity index (χ2n) is 8.71. The van der Waals surface area contributed by atoms with E-state index >= 15 is 0 Å². The van der Waals surface area contributed by atoms with Gasteiger partial charge in [-0.1, -0.05) is 88.6 Å². The molecule has 0 heterocycles. The second kappa shape index (κ2) is 20.5. The number of rotatable bonds is 20. The summed E-state index contributed by atoms with van der Waals surface area (Å²) in [6, 6.07) is 8.63. The Kier molecular flexibility index (Phi) is 17.9. The maximum atomic E-state index is 12.0. The lowest BCUT2D eigenvalue weighted by molar-refractivity contribution is -0.121. The molecular formula is C28H45NO4. The topological polar surface area (TPSA) is 75.6 Å². The van der Waals surface area contributed by atoms with Crippen LogP contribution in [0.5, 0.6) is 0 Å². The van der Waals surface area contributed by atoms with E-state index in [9.17, 15) is 14.7 Å². The number of benzene rings is 1. The predicted molar refractivity (Wildman–Crippen MR) is 135 cm³/mol. The van der Waals surface area contributed by atoms with Crippen molar-refractivity contribution in [1.82, 2.24) is 5.32 Å². The summed E-state index contributed by atoms with van der Waals surface area (Å²) in [7, 11) is 0. The van der Waals surface area contributed by atoms with E-state index in [1.165, 1.54) is 57.8 Å². The number of carbonyl (C=O) groups excluding carboxylic acids is 2. The molecule has 0 saturated carbocycles. The van der Waals surface area contributed by atoms with Crippen LogP contribution in [-0.4, -0.2) is 36.2 Å². The van der Waals surface area contributed by atoms with E-state index in [4.69, 9.17) is 4.74 Å². The number of ether oxygens (including phenoxy) is 1. The summed E-state index contributed by atoms with van der Waals surface area (Å²) in [4.78, 5) is 24.0. The van der Waals surface area contributed by atoms with Gasteiger partial charge in [0.2, 0.25) is 5.91 Å². The molecule has 5 nitrogen and oxygen atoms in total. The third kappa shape index (κ3) is 16.2. The molecule has 0 spiro atoms. The zero-order valence-corrected chi connectivity index (χ0v) is 20.6. The Morgan fingerprint density at radius 3 is 2.06 bits per heavy atom. The lowest BCUT2D eigenvalue weighted by atomic mass is 10.1. The number of carbonyl (C=O) groups is 2. The molecule has 33 heavy (non-hydrogen) atoms. The lowest BCUT2D eigenvalue weighted by Crippen LogP contribution is -2.36. The molecule has 186 valence electrons. The average Bonchev–Trinajstić information content (AvgIpc) is 2.84. The first-order valence-corrected chi connectivity index (χ1v) is 13.0. The molecule has 0 aliphatic rings. The van der Waals surface area contributed by atoms with Crippen LogP contribution in [0, 0.1) is 0 Å². The van der Waals surface area contributed by atoms with Crippen LogP contribution >= 0.6 is 0 Å². The van der Waals surface area contributed by atoms with Gasteiger partial charge >= 0.3 is 5.97 Å². The van der Waals surface area contributed by atoms with Crippen LogP contribution in [0.3, 0.4) is 0 Å². The molecule has 5 heteroatoms. The van der Waals surface area contributed by atoms with Gasteiger partial charge in [-0.3, -0.25) is 4.79 Å². The van der Waals surface area contributed by atoms with Gasteiger partial charge in [-0.25, -0.2) is 4.79 Å². The monoisotopic (exact) mass is 459 g/mol. The normalized spacial score (nSPS) is 12.1. The van der Waals surface area contributed by atoms with Crippen molar-refractivity contribution in [2.75, 3.05) is 13.2 Å². The van der Waals surface area contributed by atoms with Crippen LogP contribution in [-0.2, 0) is 9.53 Å². The van der Waals surface area contributed by atoms with Crippen molar-refractivity contribution in [3.8, 4) is 0 Å². The van der Waals surface area contributed by atoms with Crippen molar-refractivity contribution in [2.24, 2.45) is 0 Å². The van der Waals surface area contributed by atoms with Crippen molar-refractivity contribution < 1.29 is 19.4 Å². The number of aliphatic hydroxyl groups excluding tert-OH is 1. The van der Waals surface area contributed by atoms with Gasteiger partial charge in [0.25, 0.3) is 0 Å². The minimum Gasteiger partial charge on any atom is -0.454 e. The largest absolute Gasteiger partial charge is 0.454 e. The Labute approximate surface area is 201 Å². The van der Waals surface area contributed by atoms with Crippen LogP contribution < -0.4 is 5.32 Å². The number of amides is 1. The fraction of sp³-hybridized carbons (Fsp3) is 0.643. The van der Waals surface area contributed by atoms with Crippen molar-refractivity contribution >= 4 is 11.9 Å². The second-order valence-corrected chi connectivity index (χ2v) is 8.71. The zero-order valence-electron chi connectivity index (χ0n) is 20.6. The number of esters is 1. The number of allylic oxidation sites excluding steroid dienone is 2. The standard InChI is InChI=1S/C28H45NO4/c1-2-3-4-5-6-7-8-9-10-11-12-13-14-15-19-22-27(31)29-23-26(24-30)33-28(32)25-20-17-16-18-21-25/h9-10,16-18,20-21,26,30H,2-8,11-15,19,22-24H2,1H3,(H,29,31)/b10-9-. The molecule has 1 aromatic carbocycles. The fourth-order valence-electron chi connectivity index (χ4n) is 3.61. The molecule has 0 bridgehead atoms. The van der Waals surface area contributed by atoms with E-state index in [1.54, 1.807) is 24.3 Å². The van der Waals surface area contributed by atoms with Crippen LogP contribution in [0.1, 0.15) is 107 Å². The zero-order chi connectivity index (χ0) is 24.0. The van der Waals surface area contributed by atoms with Gasteiger partial charge in [0, 0.05) is 6.42 Å². The molecule has 0 aliphatic heterocycles. The minimum absolute atomic E-state index is 0.0677. The molecule has 0 aromatic heterocycles. The van der Waals surface area contributed by atoms with E-state index in [1.807, 2.05) is 6.07 Å². The maximum absolute atomic E-state index is 12.0. The molecular weight excluding hydrogens is 414 g/mol. The maximum Gasteiger partial charge on any atom is 0.338 e. The first kappa shape index (κ1) is 28.9. The van der Waals surface area contributed by atoms with Crippen LogP contribution in [0.15, 0.2) is 42.5 Å². The highest BCUT2D eigenvalue weighted by molar-refractivity contribution is 5.89. The number of hydrogen-bond acceptors (Lipinski definition) is 4. The summed E-state index contributed by atoms with van der Waals surface area (Å²) in [6.07, 6.45) is 20.3. The first-order chi connectivity index (χ1) is 16.2. The molecule has 0 aliphatic carbocycles. The Hall–Kier alpha value is -2.14. The van der Waals surface area contributed by atoms with Gasteiger partial charge in [0.1, 0.15) is 6.10 Å². The summed E-state index contributed by atoms with van der Waals surface area (Å²) < 4.78 is 5.26. The number of aliphatic hydroxyl groups is 1. The summed E-state index contributed by atoms with van der Waals surface area (Å²) >= 11 is 0. The van der Waals surface area contributed by atoms with Gasteiger partial charge in [-0.05, 0) is 44.2 Å². The minimum atomic E-state index is -0.740. The van der Waals surface area contributed by atoms with Crippen LogP contribution in [0.2, 0.25) is 0 Å². The third-order valence-corrected chi connectivity index (χ3v) is 5.68. The molecule has 2 N–H and O–H groups in total. The van der Waals surface area contributed by atoms with E-state index in [0.717, 1.165) is 25.7 Å². The molecule has 0 fully saturated rings. The molecule has 1 unspecified atom stereocenters. The number of nitrogens with one attached hydrogen (secondary N) is 1. The van der Waals surface area contributed by atoms with E-state index < -0.39 is 12.1 Å². The Bertz CT molecular complexity index is 645. The quantitative estimate of drug-likeness (QED) is 0.135. The Morgan fingerprint density at radius 1 is 0.879 bits per heavy atom. The van der Waals surface area contributed by atoms with Gasteiger partial charge in [0.15, 0.2) is 0 Å². The highest BCUT2D eigenvalue weighted by Gasteiger charge is 2.16. The van der Waals surface area contributed by atoms with E-state index in [0.29, 0.717) is 12.0 Å².